The fourth-order valence-electron chi connectivity index (χ4n) is 1.94. The van der Waals surface area contributed by atoms with Crippen molar-refractivity contribution in [3.05, 3.63) is 18.2 Å². The summed E-state index contributed by atoms with van der Waals surface area (Å²) in [4.78, 5) is 25.1. The van der Waals surface area contributed by atoms with Gasteiger partial charge >= 0.3 is 5.97 Å². The number of carboxylic acids is 1. The van der Waals surface area contributed by atoms with Gasteiger partial charge in [0, 0.05) is 23.4 Å². The lowest BCUT2D eigenvalue weighted by molar-refractivity contribution is -0.140. The summed E-state index contributed by atoms with van der Waals surface area (Å²) in [6.07, 6.45) is 0. The van der Waals surface area contributed by atoms with Gasteiger partial charge in [-0.25, -0.2) is 4.79 Å². The van der Waals surface area contributed by atoms with Crippen molar-refractivity contribution in [2.75, 3.05) is 24.9 Å². The molecule has 2 atom stereocenters. The summed E-state index contributed by atoms with van der Waals surface area (Å²) < 4.78 is 10.4. The number of amides is 1. The second-order valence-corrected chi connectivity index (χ2v) is 5.21. The standard InChI is InChI=1S/C15H21NO5S/c1-9(8-22)14(17)16(10(2)15(18)19)11-5-6-12(20-3)13(7-11)21-4/h5-7,9-10,22H,8H2,1-4H3,(H,18,19). The molecule has 0 radical (unpaired) electrons. The first kappa shape index (κ1) is 18.2. The van der Waals surface area contributed by atoms with Crippen LogP contribution in [0.5, 0.6) is 11.5 Å². The van der Waals surface area contributed by atoms with Crippen LogP contribution < -0.4 is 14.4 Å². The molecule has 1 aromatic carbocycles. The number of carbonyl (C=O) groups is 2. The van der Waals surface area contributed by atoms with Crippen LogP contribution in [0.1, 0.15) is 13.8 Å². The van der Waals surface area contributed by atoms with E-state index in [1.54, 1.807) is 25.1 Å². The number of nitrogens with zero attached hydrogens (tertiary/aromatic N) is 1. The number of thiol groups is 1. The van der Waals surface area contributed by atoms with Gasteiger partial charge in [-0.05, 0) is 19.1 Å². The number of carbonyl (C=O) groups excluding carboxylic acids is 1. The van der Waals surface area contributed by atoms with Crippen LogP contribution in [0.25, 0.3) is 0 Å². The van der Waals surface area contributed by atoms with Gasteiger partial charge in [-0.1, -0.05) is 6.92 Å². The van der Waals surface area contributed by atoms with Crippen LogP contribution in [0.2, 0.25) is 0 Å². The Morgan fingerprint density at radius 3 is 2.27 bits per heavy atom. The second-order valence-electron chi connectivity index (χ2n) is 4.85. The number of ether oxygens (including phenoxy) is 2. The molecule has 1 N–H and O–H groups in total. The average Bonchev–Trinajstić information content (AvgIpc) is 2.53. The van der Waals surface area contributed by atoms with Gasteiger partial charge < -0.3 is 14.6 Å². The van der Waals surface area contributed by atoms with E-state index >= 15 is 0 Å². The fraction of sp³-hybridized carbons (Fsp3) is 0.467. The second kappa shape index (κ2) is 7.93. The monoisotopic (exact) mass is 327 g/mol. The highest BCUT2D eigenvalue weighted by Gasteiger charge is 2.30. The van der Waals surface area contributed by atoms with E-state index in [9.17, 15) is 14.7 Å². The summed E-state index contributed by atoms with van der Waals surface area (Å²) in [6, 6.07) is 3.84. The topological polar surface area (TPSA) is 76.1 Å². The van der Waals surface area contributed by atoms with Crippen LogP contribution in [0.15, 0.2) is 18.2 Å². The predicted molar refractivity (Wildman–Crippen MR) is 87.1 cm³/mol. The molecule has 0 aliphatic carbocycles. The number of aliphatic carboxylic acids is 1. The molecule has 1 amide bonds. The molecule has 2 unspecified atom stereocenters. The molecule has 0 heterocycles. The van der Waals surface area contributed by atoms with Crippen LogP contribution in [-0.2, 0) is 9.59 Å². The van der Waals surface area contributed by atoms with Gasteiger partial charge in [0.15, 0.2) is 11.5 Å². The predicted octanol–water partition coefficient (Wildman–Crippen LogP) is 2.08. The molecule has 0 bridgehead atoms. The zero-order valence-electron chi connectivity index (χ0n) is 13.1. The summed E-state index contributed by atoms with van der Waals surface area (Å²) in [6.45, 7) is 3.17. The van der Waals surface area contributed by atoms with Crippen LogP contribution in [-0.4, -0.2) is 43.0 Å². The molecule has 1 aromatic rings. The largest absolute Gasteiger partial charge is 0.493 e. The van der Waals surface area contributed by atoms with E-state index in [-0.39, 0.29) is 5.91 Å². The highest BCUT2D eigenvalue weighted by Crippen LogP contribution is 2.33. The molecule has 0 spiro atoms. The van der Waals surface area contributed by atoms with E-state index in [1.807, 2.05) is 0 Å². The van der Waals surface area contributed by atoms with Crippen LogP contribution in [0, 0.1) is 5.92 Å². The van der Waals surface area contributed by atoms with Gasteiger partial charge in [-0.3, -0.25) is 9.69 Å². The van der Waals surface area contributed by atoms with Crippen molar-refractivity contribution < 1.29 is 24.2 Å². The maximum atomic E-state index is 12.5. The van der Waals surface area contributed by atoms with Crippen molar-refractivity contribution in [2.24, 2.45) is 5.92 Å². The quantitative estimate of drug-likeness (QED) is 0.750. The van der Waals surface area contributed by atoms with E-state index < -0.39 is 17.9 Å². The molecule has 22 heavy (non-hydrogen) atoms. The Kier molecular flexibility index (Phi) is 6.55. The van der Waals surface area contributed by atoms with Crippen molar-refractivity contribution in [1.29, 1.82) is 0 Å². The molecule has 1 rings (SSSR count). The summed E-state index contributed by atoms with van der Waals surface area (Å²) in [5.41, 5.74) is 0.436. The molecule has 0 saturated heterocycles. The lowest BCUT2D eigenvalue weighted by Gasteiger charge is -2.29. The minimum Gasteiger partial charge on any atom is -0.493 e. The Morgan fingerprint density at radius 1 is 1.23 bits per heavy atom. The summed E-state index contributed by atoms with van der Waals surface area (Å²) in [5.74, 6) is -0.544. The Morgan fingerprint density at radius 2 is 1.82 bits per heavy atom. The first-order valence-corrected chi connectivity index (χ1v) is 7.39. The summed E-state index contributed by atoms with van der Waals surface area (Å²) in [5, 5.41) is 9.28. The van der Waals surface area contributed by atoms with Crippen LogP contribution >= 0.6 is 12.6 Å². The van der Waals surface area contributed by atoms with Crippen LogP contribution in [0.3, 0.4) is 0 Å². The number of rotatable bonds is 7. The van der Waals surface area contributed by atoms with E-state index in [1.165, 1.54) is 26.0 Å². The van der Waals surface area contributed by atoms with Gasteiger partial charge in [0.1, 0.15) is 6.04 Å². The molecule has 6 nitrogen and oxygen atoms in total. The molecule has 0 fully saturated rings. The lowest BCUT2D eigenvalue weighted by atomic mass is 10.1. The smallest absolute Gasteiger partial charge is 0.326 e. The molecular weight excluding hydrogens is 306 g/mol. The Hall–Kier alpha value is -1.89. The lowest BCUT2D eigenvalue weighted by Crippen LogP contribution is -2.46. The maximum absolute atomic E-state index is 12.5. The summed E-state index contributed by atoms with van der Waals surface area (Å²) >= 11 is 4.11. The van der Waals surface area contributed by atoms with Gasteiger partial charge in [0.2, 0.25) is 5.91 Å². The number of hydrogen-bond acceptors (Lipinski definition) is 5. The maximum Gasteiger partial charge on any atom is 0.326 e. The van der Waals surface area contributed by atoms with Gasteiger partial charge in [0.05, 0.1) is 14.2 Å². The fourth-order valence-corrected chi connectivity index (χ4v) is 2.10. The van der Waals surface area contributed by atoms with E-state index in [2.05, 4.69) is 12.6 Å². The minimum atomic E-state index is -1.09. The van der Waals surface area contributed by atoms with Crippen molar-refractivity contribution in [1.82, 2.24) is 0 Å². The average molecular weight is 327 g/mol. The first-order chi connectivity index (χ1) is 10.4. The van der Waals surface area contributed by atoms with Crippen LogP contribution in [0.4, 0.5) is 5.69 Å². The minimum absolute atomic E-state index is 0.308. The molecule has 122 valence electrons. The van der Waals surface area contributed by atoms with E-state index in [0.29, 0.717) is 22.9 Å². The van der Waals surface area contributed by atoms with Crippen molar-refractivity contribution in [3.8, 4) is 11.5 Å². The first-order valence-electron chi connectivity index (χ1n) is 6.76. The molecule has 0 aliphatic heterocycles. The Balaban J connectivity index is 3.32. The van der Waals surface area contributed by atoms with Crippen molar-refractivity contribution >= 4 is 30.2 Å². The third-order valence-electron chi connectivity index (χ3n) is 3.32. The molecule has 7 heteroatoms. The number of hydrogen-bond donors (Lipinski definition) is 2. The van der Waals surface area contributed by atoms with Crippen molar-refractivity contribution in [2.45, 2.75) is 19.9 Å². The van der Waals surface area contributed by atoms with Crippen molar-refractivity contribution in [3.63, 3.8) is 0 Å². The zero-order chi connectivity index (χ0) is 16.9. The molecule has 0 aliphatic rings. The SMILES string of the molecule is COc1ccc(N(C(=O)C(C)CS)C(C)C(=O)O)cc1OC. The third-order valence-corrected chi connectivity index (χ3v) is 3.87. The van der Waals surface area contributed by atoms with Gasteiger partial charge in [-0.15, -0.1) is 0 Å². The Bertz CT molecular complexity index is 549. The highest BCUT2D eigenvalue weighted by atomic mass is 32.1. The van der Waals surface area contributed by atoms with E-state index in [4.69, 9.17) is 9.47 Å². The van der Waals surface area contributed by atoms with Gasteiger partial charge in [-0.2, -0.15) is 12.6 Å². The number of carboxylic acid groups (broad SMARTS) is 1. The summed E-state index contributed by atoms with van der Waals surface area (Å²) in [7, 11) is 2.98. The number of anilines is 1. The molecular formula is C15H21NO5S. The third kappa shape index (κ3) is 3.85. The van der Waals surface area contributed by atoms with E-state index in [0.717, 1.165) is 0 Å². The Labute approximate surface area is 135 Å². The zero-order valence-corrected chi connectivity index (χ0v) is 14.0. The normalized spacial score (nSPS) is 13.1. The highest BCUT2D eigenvalue weighted by molar-refractivity contribution is 7.80. The number of methoxy groups -OCH3 is 2. The molecule has 0 saturated carbocycles. The van der Waals surface area contributed by atoms with Gasteiger partial charge in [0.25, 0.3) is 0 Å². The number of benzene rings is 1. The molecule has 0 aromatic heterocycles.